The van der Waals surface area contributed by atoms with Gasteiger partial charge >= 0.3 is 5.97 Å². The molecule has 0 atom stereocenters. The lowest BCUT2D eigenvalue weighted by molar-refractivity contribution is 0.0694. The smallest absolute Gasteiger partial charge is 0.336 e. The molecule has 0 radical (unpaired) electrons. The lowest BCUT2D eigenvalue weighted by Crippen LogP contribution is -2.08. The molecular formula is C16H17NO3. The van der Waals surface area contributed by atoms with Crippen LogP contribution in [0.3, 0.4) is 0 Å². The van der Waals surface area contributed by atoms with E-state index < -0.39 is 5.97 Å². The Hall–Kier alpha value is -2.49. The number of nitrogens with zero attached hydrogens (tertiary/aromatic N) is 1. The van der Waals surface area contributed by atoms with Gasteiger partial charge in [0.05, 0.1) is 5.56 Å². The fraction of sp³-hybridized carbons (Fsp3) is 0.188. The first kappa shape index (κ1) is 13.9. The zero-order chi connectivity index (χ0) is 14.5. The van der Waals surface area contributed by atoms with E-state index in [-0.39, 0.29) is 12.2 Å². The van der Waals surface area contributed by atoms with E-state index in [1.165, 1.54) is 0 Å². The van der Waals surface area contributed by atoms with E-state index in [0.29, 0.717) is 5.56 Å². The summed E-state index contributed by atoms with van der Waals surface area (Å²) >= 11 is 0. The van der Waals surface area contributed by atoms with Crippen LogP contribution in [0.15, 0.2) is 48.5 Å². The number of carboxylic acid groups (broad SMARTS) is 1. The molecule has 0 saturated carbocycles. The molecule has 0 aliphatic rings. The van der Waals surface area contributed by atoms with E-state index in [9.17, 15) is 4.79 Å². The van der Waals surface area contributed by atoms with Crippen LogP contribution in [0.25, 0.3) is 0 Å². The molecule has 2 aromatic carbocycles. The average Bonchev–Trinajstić information content (AvgIpc) is 2.45. The van der Waals surface area contributed by atoms with Crippen molar-refractivity contribution in [2.24, 2.45) is 0 Å². The molecule has 20 heavy (non-hydrogen) atoms. The highest BCUT2D eigenvalue weighted by Gasteiger charge is 2.09. The van der Waals surface area contributed by atoms with Crippen LogP contribution in [0.2, 0.25) is 0 Å². The molecule has 1 N–H and O–H groups in total. The summed E-state index contributed by atoms with van der Waals surface area (Å²) in [7, 11) is 3.94. The molecule has 0 spiro atoms. The Morgan fingerprint density at radius 1 is 1.10 bits per heavy atom. The molecule has 0 unspecified atom stereocenters. The second-order valence-electron chi connectivity index (χ2n) is 4.64. The number of rotatable bonds is 5. The lowest BCUT2D eigenvalue weighted by atomic mass is 10.1. The Morgan fingerprint density at radius 3 is 2.35 bits per heavy atom. The molecule has 0 saturated heterocycles. The minimum atomic E-state index is -0.938. The number of carbonyl (C=O) groups is 1. The van der Waals surface area contributed by atoms with Gasteiger partial charge in [-0.25, -0.2) is 4.79 Å². The summed E-state index contributed by atoms with van der Waals surface area (Å²) in [6.45, 7) is 0.240. The third-order valence-corrected chi connectivity index (χ3v) is 3.00. The van der Waals surface area contributed by atoms with Crippen LogP contribution in [0, 0.1) is 0 Å². The molecule has 0 fully saturated rings. The van der Waals surface area contributed by atoms with Crippen LogP contribution in [0.4, 0.5) is 5.69 Å². The molecule has 0 heterocycles. The maximum Gasteiger partial charge on any atom is 0.336 e. The van der Waals surface area contributed by atoms with Crippen molar-refractivity contribution in [3.05, 3.63) is 59.7 Å². The molecule has 0 aliphatic carbocycles. The van der Waals surface area contributed by atoms with Gasteiger partial charge < -0.3 is 14.7 Å². The highest BCUT2D eigenvalue weighted by atomic mass is 16.5. The Morgan fingerprint density at radius 2 is 1.75 bits per heavy atom. The first-order valence-electron chi connectivity index (χ1n) is 6.29. The van der Waals surface area contributed by atoms with Crippen LogP contribution in [-0.2, 0) is 6.61 Å². The van der Waals surface area contributed by atoms with Gasteiger partial charge in [0.25, 0.3) is 0 Å². The van der Waals surface area contributed by atoms with Crippen molar-refractivity contribution in [2.45, 2.75) is 6.61 Å². The van der Waals surface area contributed by atoms with Gasteiger partial charge in [-0.3, -0.25) is 0 Å². The topological polar surface area (TPSA) is 49.8 Å². The molecule has 2 aromatic rings. The van der Waals surface area contributed by atoms with Gasteiger partial charge in [-0.05, 0) is 30.3 Å². The zero-order valence-corrected chi connectivity index (χ0v) is 11.5. The van der Waals surface area contributed by atoms with Crippen LogP contribution in [-0.4, -0.2) is 25.2 Å². The van der Waals surface area contributed by atoms with Crippen molar-refractivity contribution >= 4 is 11.7 Å². The molecule has 4 nitrogen and oxygen atoms in total. The van der Waals surface area contributed by atoms with Crippen molar-refractivity contribution in [1.82, 2.24) is 0 Å². The fourth-order valence-electron chi connectivity index (χ4n) is 1.86. The number of aromatic carboxylic acids is 1. The Labute approximate surface area is 118 Å². The highest BCUT2D eigenvalue weighted by Crippen LogP contribution is 2.19. The van der Waals surface area contributed by atoms with Gasteiger partial charge in [0.2, 0.25) is 0 Å². The number of anilines is 1. The van der Waals surface area contributed by atoms with Crippen molar-refractivity contribution < 1.29 is 14.6 Å². The first-order chi connectivity index (χ1) is 9.58. The Kier molecular flexibility index (Phi) is 4.25. The maximum atomic E-state index is 11.1. The molecule has 2 rings (SSSR count). The van der Waals surface area contributed by atoms with E-state index in [1.807, 2.05) is 43.3 Å². The number of hydrogen-bond acceptors (Lipinski definition) is 3. The normalized spacial score (nSPS) is 10.1. The van der Waals surface area contributed by atoms with E-state index in [4.69, 9.17) is 9.84 Å². The number of hydrogen-bond donors (Lipinski definition) is 1. The molecule has 4 heteroatoms. The molecule has 0 bridgehead atoms. The molecule has 0 amide bonds. The summed E-state index contributed by atoms with van der Waals surface area (Å²) in [6, 6.07) is 14.5. The van der Waals surface area contributed by atoms with Crippen molar-refractivity contribution in [1.29, 1.82) is 0 Å². The molecule has 0 aliphatic heterocycles. The lowest BCUT2D eigenvalue weighted by Gasteiger charge is -2.13. The minimum absolute atomic E-state index is 0.240. The second-order valence-corrected chi connectivity index (χ2v) is 4.64. The number of carboxylic acids is 1. The summed E-state index contributed by atoms with van der Waals surface area (Å²) in [4.78, 5) is 13.1. The second kappa shape index (κ2) is 6.10. The van der Waals surface area contributed by atoms with Crippen LogP contribution < -0.4 is 9.64 Å². The summed E-state index contributed by atoms with van der Waals surface area (Å²) in [6.07, 6.45) is 0. The SMILES string of the molecule is CN(C)c1ccc(OCc2ccccc2C(=O)O)cc1. The minimum Gasteiger partial charge on any atom is -0.489 e. The Balaban J connectivity index is 2.07. The quantitative estimate of drug-likeness (QED) is 0.908. The molecule has 0 aromatic heterocycles. The molecular weight excluding hydrogens is 254 g/mol. The summed E-state index contributed by atoms with van der Waals surface area (Å²) in [5.41, 5.74) is 2.03. The predicted octanol–water partition coefficient (Wildman–Crippen LogP) is 3.03. The van der Waals surface area contributed by atoms with Crippen LogP contribution in [0.5, 0.6) is 5.75 Å². The largest absolute Gasteiger partial charge is 0.489 e. The summed E-state index contributed by atoms with van der Waals surface area (Å²) in [5, 5.41) is 9.10. The van der Waals surface area contributed by atoms with E-state index in [2.05, 4.69) is 0 Å². The average molecular weight is 271 g/mol. The van der Waals surface area contributed by atoms with Gasteiger partial charge in [-0.2, -0.15) is 0 Å². The Bertz CT molecular complexity index is 591. The van der Waals surface area contributed by atoms with Crippen molar-refractivity contribution in [2.75, 3.05) is 19.0 Å². The van der Waals surface area contributed by atoms with E-state index in [0.717, 1.165) is 11.4 Å². The van der Waals surface area contributed by atoms with Crippen LogP contribution >= 0.6 is 0 Å². The van der Waals surface area contributed by atoms with Crippen molar-refractivity contribution in [3.8, 4) is 5.75 Å². The first-order valence-corrected chi connectivity index (χ1v) is 6.29. The monoisotopic (exact) mass is 271 g/mol. The van der Waals surface area contributed by atoms with Gasteiger partial charge in [0.15, 0.2) is 0 Å². The van der Waals surface area contributed by atoms with E-state index >= 15 is 0 Å². The summed E-state index contributed by atoms with van der Waals surface area (Å²) in [5.74, 6) is -0.219. The number of benzene rings is 2. The maximum absolute atomic E-state index is 11.1. The third kappa shape index (κ3) is 3.29. The van der Waals surface area contributed by atoms with Crippen molar-refractivity contribution in [3.63, 3.8) is 0 Å². The van der Waals surface area contributed by atoms with E-state index in [1.54, 1.807) is 24.3 Å². The highest BCUT2D eigenvalue weighted by molar-refractivity contribution is 5.89. The third-order valence-electron chi connectivity index (χ3n) is 3.00. The molecule has 104 valence electrons. The fourth-order valence-corrected chi connectivity index (χ4v) is 1.86. The zero-order valence-electron chi connectivity index (χ0n) is 11.5. The van der Waals surface area contributed by atoms with Crippen LogP contribution in [0.1, 0.15) is 15.9 Å². The number of ether oxygens (including phenoxy) is 1. The standard InChI is InChI=1S/C16H17NO3/c1-17(2)13-7-9-14(10-8-13)20-11-12-5-3-4-6-15(12)16(18)19/h3-10H,11H2,1-2H3,(H,18,19). The predicted molar refractivity (Wildman–Crippen MR) is 78.5 cm³/mol. The van der Waals surface area contributed by atoms with Gasteiger partial charge in [-0.1, -0.05) is 18.2 Å². The summed E-state index contributed by atoms with van der Waals surface area (Å²) < 4.78 is 5.64. The van der Waals surface area contributed by atoms with Gasteiger partial charge in [-0.15, -0.1) is 0 Å². The van der Waals surface area contributed by atoms with Gasteiger partial charge in [0, 0.05) is 25.3 Å². The van der Waals surface area contributed by atoms with Gasteiger partial charge in [0.1, 0.15) is 12.4 Å².